The summed E-state index contributed by atoms with van der Waals surface area (Å²) in [6.07, 6.45) is 1.52. The number of carbonyl (C=O) groups excluding carboxylic acids is 4. The van der Waals surface area contributed by atoms with Gasteiger partial charge in [-0.15, -0.1) is 0 Å². The Balaban J connectivity index is 2.04. The number of rotatable bonds is 5. The van der Waals surface area contributed by atoms with Crippen LogP contribution in [0, 0.1) is 11.7 Å². The molecule has 1 aliphatic rings. The van der Waals surface area contributed by atoms with Crippen molar-refractivity contribution in [2.75, 3.05) is 0 Å². The monoisotopic (exact) mass is 558 g/mol. The number of cyclic esters (lactones) is 2. The quantitative estimate of drug-likeness (QED) is 0.309. The maximum atomic E-state index is 13.8. The van der Waals surface area contributed by atoms with Gasteiger partial charge in [-0.1, -0.05) is 13.0 Å². The van der Waals surface area contributed by atoms with E-state index in [2.05, 4.69) is 20.6 Å². The summed E-state index contributed by atoms with van der Waals surface area (Å²) in [5.41, 5.74) is 0.292. The second-order valence-electron chi connectivity index (χ2n) is 9.40. The first-order valence-corrected chi connectivity index (χ1v) is 12.6. The van der Waals surface area contributed by atoms with Crippen LogP contribution in [0.25, 0.3) is 0 Å². The molecule has 214 valence electrons. The topological polar surface area (TPSA) is 177 Å². The minimum Gasteiger partial charge on any atom is -0.503 e. The molecular formula is C27H31FN4O8. The first-order chi connectivity index (χ1) is 18.9. The molecule has 2 aromatic rings. The van der Waals surface area contributed by atoms with Crippen LogP contribution in [0.4, 0.5) is 4.39 Å². The van der Waals surface area contributed by atoms with Crippen molar-refractivity contribution in [3.63, 3.8) is 0 Å². The van der Waals surface area contributed by atoms with Crippen LogP contribution < -0.4 is 10.6 Å². The van der Waals surface area contributed by atoms with E-state index in [9.17, 15) is 33.8 Å². The van der Waals surface area contributed by atoms with E-state index in [1.54, 1.807) is 32.2 Å². The Hall–Kier alpha value is -4.39. The van der Waals surface area contributed by atoms with Gasteiger partial charge >= 0.3 is 11.9 Å². The van der Waals surface area contributed by atoms with Gasteiger partial charge in [-0.2, -0.15) is 0 Å². The Labute approximate surface area is 229 Å². The number of esters is 2. The summed E-state index contributed by atoms with van der Waals surface area (Å²) in [5.74, 6) is -7.76. The van der Waals surface area contributed by atoms with Crippen molar-refractivity contribution in [2.24, 2.45) is 5.92 Å². The largest absolute Gasteiger partial charge is 0.503 e. The number of nitrogens with zero attached hydrogens (tertiary/aromatic N) is 2. The summed E-state index contributed by atoms with van der Waals surface area (Å²) in [4.78, 5) is 60.1. The van der Waals surface area contributed by atoms with Crippen molar-refractivity contribution in [3.05, 3.63) is 65.2 Å². The van der Waals surface area contributed by atoms with Gasteiger partial charge in [-0.3, -0.25) is 19.4 Å². The Morgan fingerprint density at radius 2 is 1.93 bits per heavy atom. The molecule has 2 aromatic heterocycles. The highest BCUT2D eigenvalue weighted by Crippen LogP contribution is 2.22. The number of hydrogen-bond acceptors (Lipinski definition) is 10. The Kier molecular flexibility index (Phi) is 9.88. The third-order valence-corrected chi connectivity index (χ3v) is 6.53. The number of ether oxygens (including phenoxy) is 2. The minimum absolute atomic E-state index is 0.0378. The fourth-order valence-electron chi connectivity index (χ4n) is 3.94. The van der Waals surface area contributed by atoms with Gasteiger partial charge in [0.2, 0.25) is 11.7 Å². The van der Waals surface area contributed by atoms with Gasteiger partial charge < -0.3 is 30.3 Å². The van der Waals surface area contributed by atoms with Crippen molar-refractivity contribution in [2.45, 2.75) is 64.8 Å². The Morgan fingerprint density at radius 1 is 1.20 bits per heavy atom. The highest BCUT2D eigenvalue weighted by Gasteiger charge is 2.39. The van der Waals surface area contributed by atoms with E-state index in [-0.39, 0.29) is 6.42 Å². The smallest absolute Gasteiger partial charge is 0.374 e. The molecule has 0 spiro atoms. The number of allylic oxidation sites excluding steroid dienone is 1. The number of aliphatic hydroxyl groups excluding tert-OH is 1. The Bertz CT molecular complexity index is 1300. The second kappa shape index (κ2) is 13.1. The maximum Gasteiger partial charge on any atom is 0.374 e. The molecule has 0 saturated carbocycles. The summed E-state index contributed by atoms with van der Waals surface area (Å²) in [7, 11) is 0. The molecule has 2 amide bonds. The van der Waals surface area contributed by atoms with E-state index >= 15 is 0 Å². The van der Waals surface area contributed by atoms with Crippen LogP contribution in [0.15, 0.2) is 48.1 Å². The maximum absolute atomic E-state index is 13.8. The fourth-order valence-corrected chi connectivity index (χ4v) is 3.94. The van der Waals surface area contributed by atoms with E-state index in [0.29, 0.717) is 17.6 Å². The van der Waals surface area contributed by atoms with Gasteiger partial charge in [0, 0.05) is 18.6 Å². The third-order valence-electron chi connectivity index (χ3n) is 6.53. The molecule has 13 heteroatoms. The van der Waals surface area contributed by atoms with Crippen molar-refractivity contribution < 1.29 is 43.3 Å². The number of amides is 2. The lowest BCUT2D eigenvalue weighted by molar-refractivity contribution is -0.161. The molecule has 3 rings (SSSR count). The normalized spacial score (nSPS) is 25.4. The van der Waals surface area contributed by atoms with E-state index in [1.165, 1.54) is 20.0 Å². The van der Waals surface area contributed by atoms with Gasteiger partial charge in [0.15, 0.2) is 17.3 Å². The van der Waals surface area contributed by atoms with Crippen molar-refractivity contribution in [3.8, 4) is 5.75 Å². The van der Waals surface area contributed by atoms with Crippen LogP contribution in [-0.4, -0.2) is 68.2 Å². The average molecular weight is 559 g/mol. The number of pyridine rings is 2. The lowest BCUT2D eigenvalue weighted by Crippen LogP contribution is -2.59. The lowest BCUT2D eigenvalue weighted by atomic mass is 9.92. The first kappa shape index (κ1) is 30.2. The van der Waals surface area contributed by atoms with Crippen LogP contribution in [0.2, 0.25) is 0 Å². The third kappa shape index (κ3) is 6.97. The van der Waals surface area contributed by atoms with E-state index < -0.39 is 77.0 Å². The zero-order valence-corrected chi connectivity index (χ0v) is 22.4. The zero-order valence-electron chi connectivity index (χ0n) is 22.4. The van der Waals surface area contributed by atoms with Crippen LogP contribution in [0.1, 0.15) is 50.2 Å². The van der Waals surface area contributed by atoms with Gasteiger partial charge in [-0.05, 0) is 56.9 Å². The number of carbonyl (C=O) groups is 4. The molecule has 0 aromatic carbocycles. The van der Waals surface area contributed by atoms with Crippen molar-refractivity contribution in [1.29, 1.82) is 0 Å². The fraction of sp³-hybridized carbons (Fsp3) is 0.407. The summed E-state index contributed by atoms with van der Waals surface area (Å²) in [6.45, 7) is 5.96. The Morgan fingerprint density at radius 3 is 2.58 bits per heavy atom. The number of hydrogen-bond donors (Lipinski definition) is 4. The van der Waals surface area contributed by atoms with Crippen LogP contribution >= 0.6 is 0 Å². The highest BCUT2D eigenvalue weighted by molar-refractivity contribution is 5.98. The summed E-state index contributed by atoms with van der Waals surface area (Å²) in [5, 5.41) is 26.0. The molecule has 40 heavy (non-hydrogen) atoms. The van der Waals surface area contributed by atoms with Crippen molar-refractivity contribution in [1.82, 2.24) is 20.6 Å². The van der Waals surface area contributed by atoms with Crippen LogP contribution in [-0.2, 0) is 30.3 Å². The molecule has 0 unspecified atom stereocenters. The second-order valence-corrected chi connectivity index (χ2v) is 9.40. The molecule has 1 saturated heterocycles. The summed E-state index contributed by atoms with van der Waals surface area (Å²) >= 11 is 0. The molecule has 1 aliphatic heterocycles. The number of aromatic nitrogens is 2. The van der Waals surface area contributed by atoms with Gasteiger partial charge in [0.05, 0.1) is 18.1 Å². The molecule has 4 N–H and O–H groups in total. The summed E-state index contributed by atoms with van der Waals surface area (Å²) < 4.78 is 24.6. The van der Waals surface area contributed by atoms with E-state index in [0.717, 1.165) is 12.3 Å². The molecule has 1 fully saturated rings. The van der Waals surface area contributed by atoms with E-state index in [4.69, 9.17) is 9.47 Å². The van der Waals surface area contributed by atoms with Gasteiger partial charge in [-0.25, -0.2) is 14.2 Å². The van der Waals surface area contributed by atoms with Crippen LogP contribution in [0.3, 0.4) is 0 Å². The molecule has 0 radical (unpaired) electrons. The number of halogens is 1. The molecule has 3 heterocycles. The van der Waals surface area contributed by atoms with Gasteiger partial charge in [0.25, 0.3) is 5.91 Å². The molecule has 0 aliphatic carbocycles. The first-order valence-electron chi connectivity index (χ1n) is 12.6. The molecular weight excluding hydrogens is 527 g/mol. The molecule has 0 bridgehead atoms. The highest BCUT2D eigenvalue weighted by atomic mass is 19.1. The predicted molar refractivity (Wildman–Crippen MR) is 137 cm³/mol. The predicted octanol–water partition coefficient (Wildman–Crippen LogP) is 1.32. The summed E-state index contributed by atoms with van der Waals surface area (Å²) in [6, 6.07) is 1.53. The molecule has 5 atom stereocenters. The number of aromatic hydroxyl groups is 1. The van der Waals surface area contributed by atoms with Crippen molar-refractivity contribution >= 4 is 23.8 Å². The number of aliphatic hydroxyl groups is 1. The van der Waals surface area contributed by atoms with E-state index in [1.807, 2.05) is 0 Å². The number of nitrogens with one attached hydrogen (secondary N) is 2. The average Bonchev–Trinajstić information content (AvgIpc) is 2.93. The van der Waals surface area contributed by atoms with Crippen LogP contribution in [0.5, 0.6) is 5.75 Å². The lowest BCUT2D eigenvalue weighted by Gasteiger charge is -2.32. The molecule has 12 nitrogen and oxygen atoms in total. The SMILES string of the molecule is CC/C(C)=C1\OC(=O)[C@H](C)[C@H](O)[C@H](Cc2cccnc2)NC(=O)[C@@H](NC(=O)c2nccc(F)c2O)[C@@H](C)OC1=O. The van der Waals surface area contributed by atoms with Gasteiger partial charge in [0.1, 0.15) is 12.1 Å². The minimum atomic E-state index is -1.60. The zero-order chi connectivity index (χ0) is 29.6. The standard InChI is InChI=1S/C27H31FN4O8/c1-5-13(2)23-27(38)39-15(4)19(32-25(36)20-22(34)17(28)8-10-30-20)24(35)31-18(11-16-7-6-9-29-12-16)21(33)14(3)26(37)40-23/h6-10,12,14-15,18-19,21,33-34H,5,11H2,1-4H3,(H,31,35)(H,32,36)/b23-13-/t14-,15-,18+,19+,21+/m1/s1.